The molecule has 0 heterocycles. The normalized spacial score (nSPS) is 13.8. The minimum Gasteiger partial charge on any atom is -0.457 e. The third kappa shape index (κ3) is 6.50. The van der Waals surface area contributed by atoms with Crippen LogP contribution in [0.2, 0.25) is 0 Å². The maximum Gasteiger partial charge on any atom is 0.460 e. The Morgan fingerprint density at radius 3 is 1.92 bits per heavy atom. The van der Waals surface area contributed by atoms with Gasteiger partial charge in [0.25, 0.3) is 0 Å². The van der Waals surface area contributed by atoms with E-state index in [1.807, 2.05) is 0 Å². The van der Waals surface area contributed by atoms with E-state index in [2.05, 4.69) is 0 Å². The Labute approximate surface area is 209 Å². The second-order valence-electron chi connectivity index (χ2n) is 8.20. The number of ether oxygens (including phenoxy) is 1. The number of halogens is 10. The van der Waals surface area contributed by atoms with Crippen molar-refractivity contribution in [3.05, 3.63) is 90.0 Å². The van der Waals surface area contributed by atoms with Crippen LogP contribution in [0.4, 0.5) is 49.6 Å². The zero-order chi connectivity index (χ0) is 28.4. The predicted molar refractivity (Wildman–Crippen MR) is 117 cm³/mol. The second-order valence-corrected chi connectivity index (χ2v) is 8.20. The minimum atomic E-state index is -6.56. The summed E-state index contributed by atoms with van der Waals surface area (Å²) in [5.74, 6) is -11.5. The number of aliphatic hydroxyl groups is 1. The summed E-state index contributed by atoms with van der Waals surface area (Å²) in [5, 5.41) is 9.64. The summed E-state index contributed by atoms with van der Waals surface area (Å²) in [5.41, 5.74) is -1.99. The summed E-state index contributed by atoms with van der Waals surface area (Å²) in [4.78, 5) is 0.898. The molecule has 3 nitrogen and oxygen atoms in total. The lowest BCUT2D eigenvalue weighted by atomic mass is 9.99. The van der Waals surface area contributed by atoms with Gasteiger partial charge in [0.2, 0.25) is 0 Å². The van der Waals surface area contributed by atoms with E-state index in [-0.39, 0.29) is 17.0 Å². The van der Waals surface area contributed by atoms with Crippen LogP contribution in [0.5, 0.6) is 11.5 Å². The van der Waals surface area contributed by atoms with E-state index in [9.17, 15) is 49.0 Å². The van der Waals surface area contributed by atoms with Gasteiger partial charge < -0.3 is 14.7 Å². The van der Waals surface area contributed by atoms with Crippen molar-refractivity contribution < 1.29 is 53.7 Å². The fraction of sp³-hybridized carbons (Fsp3) is 0.280. The van der Waals surface area contributed by atoms with Gasteiger partial charge in [0.05, 0.1) is 6.54 Å². The van der Waals surface area contributed by atoms with Gasteiger partial charge in [-0.25, -0.2) is 0 Å². The first kappa shape index (κ1) is 29.1. The molecule has 0 aliphatic heterocycles. The molecule has 0 saturated carbocycles. The molecule has 0 fully saturated rings. The van der Waals surface area contributed by atoms with Gasteiger partial charge in [0.15, 0.2) is 6.10 Å². The highest BCUT2D eigenvalue weighted by molar-refractivity contribution is 5.52. The first-order valence-electron chi connectivity index (χ1n) is 10.8. The molecule has 38 heavy (non-hydrogen) atoms. The molecule has 0 amide bonds. The molecule has 0 aliphatic carbocycles. The zero-order valence-electron chi connectivity index (χ0n) is 19.1. The average molecular weight is 555 g/mol. The number of alkyl halides is 10. The van der Waals surface area contributed by atoms with Gasteiger partial charge >= 0.3 is 24.2 Å². The van der Waals surface area contributed by atoms with Crippen LogP contribution >= 0.6 is 0 Å². The molecule has 3 aromatic carbocycles. The van der Waals surface area contributed by atoms with Crippen molar-refractivity contribution in [2.45, 2.75) is 36.8 Å². The van der Waals surface area contributed by atoms with Crippen molar-refractivity contribution in [1.82, 2.24) is 0 Å². The Bertz CT molecular complexity index is 1210. The molecule has 3 aromatic rings. The van der Waals surface area contributed by atoms with Crippen molar-refractivity contribution in [3.63, 3.8) is 0 Å². The highest BCUT2D eigenvalue weighted by Gasteiger charge is 2.73. The van der Waals surface area contributed by atoms with E-state index in [1.165, 1.54) is 24.3 Å². The van der Waals surface area contributed by atoms with E-state index < -0.39 is 49.0 Å². The molecule has 0 bridgehead atoms. The van der Waals surface area contributed by atoms with Crippen LogP contribution in [0.15, 0.2) is 78.9 Å². The number of rotatable bonds is 9. The van der Waals surface area contributed by atoms with E-state index in [0.29, 0.717) is 17.9 Å². The topological polar surface area (TPSA) is 32.7 Å². The smallest absolute Gasteiger partial charge is 0.457 e. The van der Waals surface area contributed by atoms with E-state index >= 15 is 0 Å². The van der Waals surface area contributed by atoms with Crippen molar-refractivity contribution >= 4 is 5.69 Å². The molecule has 3 rings (SSSR count). The molecule has 13 heteroatoms. The molecule has 0 aromatic heterocycles. The fourth-order valence-corrected chi connectivity index (χ4v) is 3.39. The standard InChI is InChI=1S/C25H19F10NO2/c26-22(27,24(31,32)25(33,34)35)17-7-4-6-16(12-17)14-36(15-21(37)23(28,29)30)18-8-5-11-20(13-18)38-19-9-2-1-3-10-19/h1-13,21,37H,14-15H2. The first-order valence-corrected chi connectivity index (χ1v) is 10.8. The number of para-hydroxylation sites is 1. The van der Waals surface area contributed by atoms with E-state index in [0.717, 1.165) is 17.0 Å². The van der Waals surface area contributed by atoms with Crippen molar-refractivity contribution in [2.24, 2.45) is 0 Å². The van der Waals surface area contributed by atoms with Crippen LogP contribution in [0.3, 0.4) is 0 Å². The van der Waals surface area contributed by atoms with E-state index in [1.54, 1.807) is 30.3 Å². The lowest BCUT2D eigenvalue weighted by Crippen LogP contribution is -2.50. The van der Waals surface area contributed by atoms with Crippen LogP contribution < -0.4 is 9.64 Å². The highest BCUT2D eigenvalue weighted by Crippen LogP contribution is 2.51. The van der Waals surface area contributed by atoms with Crippen LogP contribution in [0, 0.1) is 0 Å². The number of nitrogens with zero attached hydrogens (tertiary/aromatic N) is 1. The molecule has 206 valence electrons. The van der Waals surface area contributed by atoms with Crippen molar-refractivity contribution in [1.29, 1.82) is 0 Å². The van der Waals surface area contributed by atoms with Gasteiger partial charge in [0, 0.05) is 23.9 Å². The van der Waals surface area contributed by atoms with Crippen molar-refractivity contribution in [3.8, 4) is 11.5 Å². The van der Waals surface area contributed by atoms with Crippen LogP contribution in [-0.2, 0) is 12.5 Å². The second kappa shape index (κ2) is 10.7. The Morgan fingerprint density at radius 2 is 1.32 bits per heavy atom. The van der Waals surface area contributed by atoms with Gasteiger partial charge in [0.1, 0.15) is 11.5 Å². The highest BCUT2D eigenvalue weighted by atomic mass is 19.4. The van der Waals surface area contributed by atoms with E-state index in [4.69, 9.17) is 4.74 Å². The third-order valence-electron chi connectivity index (χ3n) is 5.35. The Hall–Kier alpha value is -3.48. The summed E-state index contributed by atoms with van der Waals surface area (Å²) >= 11 is 0. The summed E-state index contributed by atoms with van der Waals surface area (Å²) in [6.07, 6.45) is -14.5. The molecule has 1 unspecified atom stereocenters. The van der Waals surface area contributed by atoms with Crippen molar-refractivity contribution in [2.75, 3.05) is 11.4 Å². The maximum atomic E-state index is 14.2. The molecule has 1 atom stereocenters. The quantitative estimate of drug-likeness (QED) is 0.275. The van der Waals surface area contributed by atoms with Gasteiger partial charge in [-0.05, 0) is 35.9 Å². The molecule has 0 aliphatic rings. The predicted octanol–water partition coefficient (Wildman–Crippen LogP) is 7.70. The molecule has 0 saturated heterocycles. The summed E-state index contributed by atoms with van der Waals surface area (Å²) in [7, 11) is 0. The van der Waals surface area contributed by atoms with Gasteiger partial charge in [-0.2, -0.15) is 43.9 Å². The molecular weight excluding hydrogens is 536 g/mol. The number of hydrogen-bond acceptors (Lipinski definition) is 3. The molecule has 1 N–H and O–H groups in total. The Kier molecular flexibility index (Phi) is 8.20. The molecular formula is C25H19F10NO2. The fourth-order valence-electron chi connectivity index (χ4n) is 3.39. The largest absolute Gasteiger partial charge is 0.460 e. The van der Waals surface area contributed by atoms with Crippen LogP contribution in [0.25, 0.3) is 0 Å². The lowest BCUT2D eigenvalue weighted by Gasteiger charge is -2.30. The first-order chi connectivity index (χ1) is 17.5. The van der Waals surface area contributed by atoms with Gasteiger partial charge in [-0.15, -0.1) is 0 Å². The average Bonchev–Trinajstić information content (AvgIpc) is 2.83. The summed E-state index contributed by atoms with van der Waals surface area (Å²) in [6, 6.07) is 16.2. The zero-order valence-corrected chi connectivity index (χ0v) is 19.1. The molecule has 0 spiro atoms. The molecule has 0 radical (unpaired) electrons. The van der Waals surface area contributed by atoms with Gasteiger partial charge in [-0.3, -0.25) is 0 Å². The summed E-state index contributed by atoms with van der Waals surface area (Å²) in [6.45, 7) is -1.78. The SMILES string of the molecule is OC(CN(Cc1cccc(C(F)(F)C(F)(F)C(F)(F)F)c1)c1cccc(Oc2ccccc2)c1)C(F)(F)F. The van der Waals surface area contributed by atoms with Crippen LogP contribution in [-0.4, -0.2) is 36.0 Å². The third-order valence-corrected chi connectivity index (χ3v) is 5.35. The minimum absolute atomic E-state index is 0.0134. The Balaban J connectivity index is 1.96. The summed E-state index contributed by atoms with van der Waals surface area (Å²) < 4.78 is 138. The number of benzene rings is 3. The Morgan fingerprint density at radius 1 is 0.711 bits per heavy atom. The number of hydrogen-bond donors (Lipinski definition) is 1. The number of anilines is 1. The maximum absolute atomic E-state index is 14.2. The van der Waals surface area contributed by atoms with Crippen LogP contribution in [0.1, 0.15) is 11.1 Å². The lowest BCUT2D eigenvalue weighted by molar-refractivity contribution is -0.359. The monoisotopic (exact) mass is 555 g/mol. The number of aliphatic hydroxyl groups excluding tert-OH is 1. The van der Waals surface area contributed by atoms with Gasteiger partial charge in [-0.1, -0.05) is 42.5 Å².